The molecule has 1 N–H and O–H groups in total. The molecule has 0 amide bonds. The first-order chi connectivity index (χ1) is 11.8. The summed E-state index contributed by atoms with van der Waals surface area (Å²) in [5.74, 6) is 0.347. The Morgan fingerprint density at radius 2 is 1.29 bits per heavy atom. The summed E-state index contributed by atoms with van der Waals surface area (Å²) in [6.45, 7) is 0. The van der Waals surface area contributed by atoms with Gasteiger partial charge in [0.1, 0.15) is 17.7 Å². The molecular weight excluding hydrogens is 299 g/mol. The Kier molecular flexibility index (Phi) is 3.83. The molecule has 0 aliphatic carbocycles. The first-order valence-electron chi connectivity index (χ1n) is 8.02. The molecular formula is C21H17FN2. The standard InChI is InChI=1S/C21H17FN2/c22-18-14-8-7-13-17(18)21-23-19(15-9-3-1-4-10-15)20(24-21)16-11-5-2-6-12-16/h1-14,19-20H,(H,23,24)/t19-,20?/m0/s1. The molecule has 3 aromatic rings. The van der Waals surface area contributed by atoms with Gasteiger partial charge >= 0.3 is 0 Å². The van der Waals surface area contributed by atoms with Gasteiger partial charge in [-0.3, -0.25) is 4.99 Å². The van der Waals surface area contributed by atoms with E-state index in [9.17, 15) is 4.39 Å². The lowest BCUT2D eigenvalue weighted by molar-refractivity contribution is 0.571. The van der Waals surface area contributed by atoms with Crippen LogP contribution < -0.4 is 5.32 Å². The van der Waals surface area contributed by atoms with E-state index in [1.165, 1.54) is 6.07 Å². The van der Waals surface area contributed by atoms with Gasteiger partial charge in [0.2, 0.25) is 0 Å². The van der Waals surface area contributed by atoms with Gasteiger partial charge in [0.25, 0.3) is 0 Å². The highest BCUT2D eigenvalue weighted by atomic mass is 19.1. The molecule has 0 saturated carbocycles. The number of nitrogens with one attached hydrogen (secondary N) is 1. The Hall–Kier alpha value is -2.94. The number of amidine groups is 1. The van der Waals surface area contributed by atoms with Crippen molar-refractivity contribution in [2.24, 2.45) is 4.99 Å². The van der Waals surface area contributed by atoms with Crippen LogP contribution in [0.15, 0.2) is 89.9 Å². The highest BCUT2D eigenvalue weighted by molar-refractivity contribution is 6.00. The summed E-state index contributed by atoms with van der Waals surface area (Å²) in [7, 11) is 0. The summed E-state index contributed by atoms with van der Waals surface area (Å²) in [5.41, 5.74) is 2.77. The third kappa shape index (κ3) is 2.69. The van der Waals surface area contributed by atoms with Crippen LogP contribution >= 0.6 is 0 Å². The molecule has 4 rings (SSSR count). The Bertz CT molecular complexity index is 859. The average Bonchev–Trinajstić information content (AvgIpc) is 3.09. The van der Waals surface area contributed by atoms with Crippen molar-refractivity contribution in [3.05, 3.63) is 107 Å². The molecule has 1 heterocycles. The molecule has 0 aromatic heterocycles. The van der Waals surface area contributed by atoms with Gasteiger partial charge in [-0.05, 0) is 23.3 Å². The van der Waals surface area contributed by atoms with Gasteiger partial charge in [0.05, 0.1) is 11.6 Å². The Balaban J connectivity index is 1.77. The SMILES string of the molecule is Fc1ccccc1C1=NC(c2ccccc2)[C@H](c2ccccc2)N1. The van der Waals surface area contributed by atoms with Gasteiger partial charge in [0.15, 0.2) is 0 Å². The minimum atomic E-state index is -0.260. The van der Waals surface area contributed by atoms with Gasteiger partial charge in [-0.2, -0.15) is 0 Å². The molecule has 2 atom stereocenters. The predicted molar refractivity (Wildman–Crippen MR) is 94.4 cm³/mol. The van der Waals surface area contributed by atoms with Crippen LogP contribution in [0.2, 0.25) is 0 Å². The van der Waals surface area contributed by atoms with Crippen LogP contribution in [-0.4, -0.2) is 5.84 Å². The smallest absolute Gasteiger partial charge is 0.134 e. The lowest BCUT2D eigenvalue weighted by Gasteiger charge is -2.19. The fourth-order valence-corrected chi connectivity index (χ4v) is 3.12. The first kappa shape index (κ1) is 14.6. The van der Waals surface area contributed by atoms with Crippen LogP contribution in [0.4, 0.5) is 4.39 Å². The van der Waals surface area contributed by atoms with E-state index in [4.69, 9.17) is 4.99 Å². The lowest BCUT2D eigenvalue weighted by atomic mass is 9.95. The third-order valence-electron chi connectivity index (χ3n) is 4.30. The number of aliphatic imine (C=N–C) groups is 1. The first-order valence-corrected chi connectivity index (χ1v) is 8.02. The van der Waals surface area contributed by atoms with E-state index in [2.05, 4.69) is 29.6 Å². The Morgan fingerprint density at radius 3 is 1.96 bits per heavy atom. The minimum absolute atomic E-state index is 0.0109. The van der Waals surface area contributed by atoms with Crippen molar-refractivity contribution in [3.8, 4) is 0 Å². The quantitative estimate of drug-likeness (QED) is 0.747. The molecule has 1 aliphatic rings. The van der Waals surface area contributed by atoms with Gasteiger partial charge in [-0.25, -0.2) is 4.39 Å². The highest BCUT2D eigenvalue weighted by Gasteiger charge is 2.32. The molecule has 0 spiro atoms. The number of benzene rings is 3. The molecule has 118 valence electrons. The van der Waals surface area contributed by atoms with Crippen LogP contribution in [0.1, 0.15) is 28.8 Å². The second-order valence-corrected chi connectivity index (χ2v) is 5.85. The zero-order chi connectivity index (χ0) is 16.4. The number of halogens is 1. The van der Waals surface area contributed by atoms with Crippen molar-refractivity contribution < 1.29 is 4.39 Å². The summed E-state index contributed by atoms with van der Waals surface area (Å²) in [6.07, 6.45) is 0. The fraction of sp³-hybridized carbons (Fsp3) is 0.0952. The van der Waals surface area contributed by atoms with E-state index < -0.39 is 0 Å². The molecule has 0 bridgehead atoms. The van der Waals surface area contributed by atoms with Crippen molar-refractivity contribution in [2.45, 2.75) is 12.1 Å². The maximum absolute atomic E-state index is 14.2. The largest absolute Gasteiger partial charge is 0.360 e. The zero-order valence-electron chi connectivity index (χ0n) is 13.1. The molecule has 24 heavy (non-hydrogen) atoms. The summed E-state index contributed by atoms with van der Waals surface area (Å²) in [4.78, 5) is 4.81. The zero-order valence-corrected chi connectivity index (χ0v) is 13.1. The Labute approximate surface area is 140 Å². The topological polar surface area (TPSA) is 24.4 Å². The molecule has 1 aliphatic heterocycles. The summed E-state index contributed by atoms with van der Waals surface area (Å²) in [5, 5.41) is 3.42. The maximum Gasteiger partial charge on any atom is 0.134 e. The molecule has 2 nitrogen and oxygen atoms in total. The van der Waals surface area contributed by atoms with Crippen molar-refractivity contribution in [1.29, 1.82) is 0 Å². The van der Waals surface area contributed by atoms with Gasteiger partial charge in [-0.15, -0.1) is 0 Å². The third-order valence-corrected chi connectivity index (χ3v) is 4.30. The maximum atomic E-state index is 14.2. The van der Waals surface area contributed by atoms with Crippen LogP contribution in [0.25, 0.3) is 0 Å². The number of rotatable bonds is 3. The van der Waals surface area contributed by atoms with E-state index in [0.29, 0.717) is 11.4 Å². The van der Waals surface area contributed by atoms with E-state index in [0.717, 1.165) is 11.1 Å². The lowest BCUT2D eigenvalue weighted by Crippen LogP contribution is -2.25. The van der Waals surface area contributed by atoms with Gasteiger partial charge in [-0.1, -0.05) is 72.8 Å². The van der Waals surface area contributed by atoms with E-state index in [1.54, 1.807) is 12.1 Å². The van der Waals surface area contributed by atoms with Crippen molar-refractivity contribution in [1.82, 2.24) is 5.32 Å². The van der Waals surface area contributed by atoms with Gasteiger partial charge < -0.3 is 5.32 Å². The summed E-state index contributed by atoms with van der Waals surface area (Å²) < 4.78 is 14.2. The van der Waals surface area contributed by atoms with Crippen LogP contribution in [0.3, 0.4) is 0 Å². The second-order valence-electron chi connectivity index (χ2n) is 5.85. The predicted octanol–water partition coefficient (Wildman–Crippen LogP) is 4.66. The number of hydrogen-bond donors (Lipinski definition) is 1. The average molecular weight is 316 g/mol. The Morgan fingerprint density at radius 1 is 0.708 bits per heavy atom. The van der Waals surface area contributed by atoms with E-state index in [1.807, 2.05) is 42.5 Å². The summed E-state index contributed by atoms with van der Waals surface area (Å²) >= 11 is 0. The van der Waals surface area contributed by atoms with Crippen LogP contribution in [-0.2, 0) is 0 Å². The molecule has 3 aromatic carbocycles. The molecule has 0 saturated heterocycles. The van der Waals surface area contributed by atoms with E-state index >= 15 is 0 Å². The van der Waals surface area contributed by atoms with Crippen LogP contribution in [0.5, 0.6) is 0 Å². The molecule has 0 fully saturated rings. The summed E-state index contributed by atoms with van der Waals surface area (Å²) in [6, 6.07) is 27.0. The van der Waals surface area contributed by atoms with Gasteiger partial charge in [0, 0.05) is 0 Å². The van der Waals surface area contributed by atoms with E-state index in [-0.39, 0.29) is 17.9 Å². The number of nitrogens with zero attached hydrogens (tertiary/aromatic N) is 1. The normalized spacial score (nSPS) is 19.6. The fourth-order valence-electron chi connectivity index (χ4n) is 3.12. The monoisotopic (exact) mass is 316 g/mol. The highest BCUT2D eigenvalue weighted by Crippen LogP contribution is 2.37. The van der Waals surface area contributed by atoms with Crippen molar-refractivity contribution >= 4 is 5.84 Å². The van der Waals surface area contributed by atoms with Crippen molar-refractivity contribution in [3.63, 3.8) is 0 Å². The minimum Gasteiger partial charge on any atom is -0.360 e. The molecule has 1 unspecified atom stereocenters. The number of hydrogen-bond acceptors (Lipinski definition) is 2. The molecule has 0 radical (unpaired) electrons. The van der Waals surface area contributed by atoms with Crippen LogP contribution in [0, 0.1) is 5.82 Å². The second kappa shape index (κ2) is 6.28. The molecule has 3 heteroatoms. The van der Waals surface area contributed by atoms with Crippen molar-refractivity contribution in [2.75, 3.05) is 0 Å².